The SMILES string of the molecule is CCOC(=O)C[C@@H]1CCN(C(=O)NC2CCCCC2)C[C@@H]1CCN1CCC[C@H]1C(N)=O. The number of carbonyl (C=O) groups is 3. The van der Waals surface area contributed by atoms with E-state index in [0.717, 1.165) is 51.6 Å². The number of amides is 3. The number of hydrogen-bond acceptors (Lipinski definition) is 5. The van der Waals surface area contributed by atoms with Crippen LogP contribution in [0.2, 0.25) is 0 Å². The molecule has 2 heterocycles. The number of piperidine rings is 1. The average molecular weight is 437 g/mol. The van der Waals surface area contributed by atoms with E-state index in [9.17, 15) is 14.4 Å². The van der Waals surface area contributed by atoms with Gasteiger partial charge in [0, 0.05) is 25.6 Å². The van der Waals surface area contributed by atoms with Crippen LogP contribution >= 0.6 is 0 Å². The van der Waals surface area contributed by atoms with Crippen molar-refractivity contribution >= 4 is 17.9 Å². The van der Waals surface area contributed by atoms with Gasteiger partial charge < -0.3 is 20.7 Å². The van der Waals surface area contributed by atoms with Crippen LogP contribution < -0.4 is 11.1 Å². The molecule has 3 fully saturated rings. The summed E-state index contributed by atoms with van der Waals surface area (Å²) in [4.78, 5) is 40.9. The molecular weight excluding hydrogens is 396 g/mol. The highest BCUT2D eigenvalue weighted by Gasteiger charge is 2.35. The van der Waals surface area contributed by atoms with E-state index in [1.807, 2.05) is 11.8 Å². The van der Waals surface area contributed by atoms with Crippen molar-refractivity contribution in [1.82, 2.24) is 15.1 Å². The molecule has 3 rings (SSSR count). The van der Waals surface area contributed by atoms with Crippen LogP contribution in [0.4, 0.5) is 4.79 Å². The first-order valence-corrected chi connectivity index (χ1v) is 12.2. The predicted molar refractivity (Wildman–Crippen MR) is 118 cm³/mol. The predicted octanol–water partition coefficient (Wildman–Crippen LogP) is 2.26. The monoisotopic (exact) mass is 436 g/mol. The van der Waals surface area contributed by atoms with Gasteiger partial charge in [-0.05, 0) is 70.4 Å². The summed E-state index contributed by atoms with van der Waals surface area (Å²) in [5, 5.41) is 3.23. The smallest absolute Gasteiger partial charge is 0.317 e. The molecule has 2 aliphatic heterocycles. The van der Waals surface area contributed by atoms with Gasteiger partial charge in [0.05, 0.1) is 12.6 Å². The maximum Gasteiger partial charge on any atom is 0.317 e. The Morgan fingerprint density at radius 2 is 1.77 bits per heavy atom. The molecule has 0 bridgehead atoms. The van der Waals surface area contributed by atoms with Crippen molar-refractivity contribution in [3.63, 3.8) is 0 Å². The summed E-state index contributed by atoms with van der Waals surface area (Å²) in [6, 6.07) is 0.137. The zero-order valence-electron chi connectivity index (χ0n) is 19.0. The quantitative estimate of drug-likeness (QED) is 0.568. The minimum Gasteiger partial charge on any atom is -0.466 e. The Kier molecular flexibility index (Phi) is 8.99. The molecule has 176 valence electrons. The Hall–Kier alpha value is -1.83. The lowest BCUT2D eigenvalue weighted by Crippen LogP contribution is -2.51. The number of likely N-dealkylation sites (tertiary alicyclic amines) is 2. The summed E-state index contributed by atoms with van der Waals surface area (Å²) in [5.74, 6) is 0.00305. The molecule has 3 atom stereocenters. The topological polar surface area (TPSA) is 105 Å². The molecule has 1 saturated carbocycles. The second-order valence-electron chi connectivity index (χ2n) is 9.43. The molecule has 0 unspecified atom stereocenters. The highest BCUT2D eigenvalue weighted by Crippen LogP contribution is 2.31. The van der Waals surface area contributed by atoms with Crippen LogP contribution in [0.3, 0.4) is 0 Å². The molecule has 0 aromatic heterocycles. The Bertz CT molecular complexity index is 623. The molecular formula is C23H40N4O4. The van der Waals surface area contributed by atoms with E-state index in [1.165, 1.54) is 19.3 Å². The third-order valence-corrected chi connectivity index (χ3v) is 7.32. The van der Waals surface area contributed by atoms with Gasteiger partial charge in [-0.25, -0.2) is 4.79 Å². The Morgan fingerprint density at radius 3 is 2.48 bits per heavy atom. The van der Waals surface area contributed by atoms with Crippen LogP contribution in [-0.2, 0) is 14.3 Å². The lowest BCUT2D eigenvalue weighted by Gasteiger charge is -2.40. The van der Waals surface area contributed by atoms with Gasteiger partial charge in [0.2, 0.25) is 5.91 Å². The Labute approximate surface area is 186 Å². The van der Waals surface area contributed by atoms with Gasteiger partial charge in [-0.2, -0.15) is 0 Å². The number of urea groups is 1. The number of nitrogens with two attached hydrogens (primary N) is 1. The summed E-state index contributed by atoms with van der Waals surface area (Å²) in [5.41, 5.74) is 5.57. The largest absolute Gasteiger partial charge is 0.466 e. The molecule has 0 aromatic rings. The van der Waals surface area contributed by atoms with E-state index in [-0.39, 0.29) is 41.8 Å². The number of primary amides is 1. The average Bonchev–Trinajstić information content (AvgIpc) is 3.23. The van der Waals surface area contributed by atoms with Gasteiger partial charge >= 0.3 is 12.0 Å². The minimum absolute atomic E-state index is 0.0302. The highest BCUT2D eigenvalue weighted by molar-refractivity contribution is 5.80. The van der Waals surface area contributed by atoms with Crippen LogP contribution in [-0.4, -0.2) is 72.6 Å². The van der Waals surface area contributed by atoms with Gasteiger partial charge in [0.25, 0.3) is 0 Å². The lowest BCUT2D eigenvalue weighted by atomic mass is 9.81. The molecule has 0 aromatic carbocycles. The molecule has 3 aliphatic rings. The van der Waals surface area contributed by atoms with Crippen molar-refractivity contribution in [1.29, 1.82) is 0 Å². The van der Waals surface area contributed by atoms with Crippen molar-refractivity contribution in [3.8, 4) is 0 Å². The number of rotatable bonds is 8. The summed E-state index contributed by atoms with van der Waals surface area (Å²) < 4.78 is 5.19. The molecule has 2 saturated heterocycles. The molecule has 0 radical (unpaired) electrons. The number of hydrogen-bond donors (Lipinski definition) is 2. The molecule has 8 nitrogen and oxygen atoms in total. The summed E-state index contributed by atoms with van der Waals surface area (Å²) in [7, 11) is 0. The van der Waals surface area contributed by atoms with Crippen LogP contribution in [0, 0.1) is 11.8 Å². The fourth-order valence-corrected chi connectivity index (χ4v) is 5.56. The van der Waals surface area contributed by atoms with E-state index in [4.69, 9.17) is 10.5 Å². The van der Waals surface area contributed by atoms with Gasteiger partial charge in [-0.3, -0.25) is 14.5 Å². The molecule has 0 spiro atoms. The second kappa shape index (κ2) is 11.7. The first kappa shape index (κ1) is 23.8. The van der Waals surface area contributed by atoms with E-state index in [0.29, 0.717) is 26.1 Å². The standard InChI is InChI=1S/C23H40N4O4/c1-2-31-21(28)15-17-10-14-27(23(30)25-19-7-4-3-5-8-19)16-18(17)11-13-26-12-6-9-20(26)22(24)29/h17-20H,2-16H2,1H3,(H2,24,29)(H,25,30)/t17-,18-,20-/m0/s1. The van der Waals surface area contributed by atoms with Gasteiger partial charge in [0.1, 0.15) is 0 Å². The van der Waals surface area contributed by atoms with Crippen molar-refractivity contribution in [2.75, 3.05) is 32.8 Å². The highest BCUT2D eigenvalue weighted by atomic mass is 16.5. The van der Waals surface area contributed by atoms with Crippen LogP contribution in [0.5, 0.6) is 0 Å². The molecule has 8 heteroatoms. The van der Waals surface area contributed by atoms with Crippen LogP contribution in [0.1, 0.15) is 71.1 Å². The first-order valence-electron chi connectivity index (χ1n) is 12.2. The van der Waals surface area contributed by atoms with Gasteiger partial charge in [-0.1, -0.05) is 19.3 Å². The zero-order chi connectivity index (χ0) is 22.2. The van der Waals surface area contributed by atoms with Gasteiger partial charge in [-0.15, -0.1) is 0 Å². The molecule has 3 amide bonds. The fourth-order valence-electron chi connectivity index (χ4n) is 5.56. The number of ether oxygens (including phenoxy) is 1. The van der Waals surface area contributed by atoms with Gasteiger partial charge in [0.15, 0.2) is 0 Å². The third-order valence-electron chi connectivity index (χ3n) is 7.32. The normalized spacial score (nSPS) is 27.8. The van der Waals surface area contributed by atoms with Crippen molar-refractivity contribution in [2.24, 2.45) is 17.6 Å². The van der Waals surface area contributed by atoms with Crippen molar-refractivity contribution in [2.45, 2.75) is 83.2 Å². The maximum absolute atomic E-state index is 12.9. The van der Waals surface area contributed by atoms with E-state index >= 15 is 0 Å². The molecule has 3 N–H and O–H groups in total. The third kappa shape index (κ3) is 6.82. The molecule has 1 aliphatic carbocycles. The second-order valence-corrected chi connectivity index (χ2v) is 9.43. The zero-order valence-corrected chi connectivity index (χ0v) is 19.0. The Morgan fingerprint density at radius 1 is 1.00 bits per heavy atom. The number of esters is 1. The van der Waals surface area contributed by atoms with E-state index in [1.54, 1.807) is 0 Å². The van der Waals surface area contributed by atoms with Crippen LogP contribution in [0.15, 0.2) is 0 Å². The summed E-state index contributed by atoms with van der Waals surface area (Å²) in [6.07, 6.45) is 9.63. The number of carbonyl (C=O) groups excluding carboxylic acids is 3. The number of nitrogens with zero attached hydrogens (tertiary/aromatic N) is 2. The van der Waals surface area contributed by atoms with Crippen molar-refractivity contribution < 1.29 is 19.1 Å². The molecule has 31 heavy (non-hydrogen) atoms. The van der Waals surface area contributed by atoms with E-state index in [2.05, 4.69) is 10.2 Å². The Balaban J connectivity index is 1.58. The summed E-state index contributed by atoms with van der Waals surface area (Å²) >= 11 is 0. The summed E-state index contributed by atoms with van der Waals surface area (Å²) in [6.45, 7) is 5.19. The minimum atomic E-state index is -0.252. The van der Waals surface area contributed by atoms with Crippen LogP contribution in [0.25, 0.3) is 0 Å². The number of nitrogens with one attached hydrogen (secondary N) is 1. The van der Waals surface area contributed by atoms with E-state index < -0.39 is 0 Å². The fraction of sp³-hybridized carbons (Fsp3) is 0.870. The maximum atomic E-state index is 12.9. The lowest BCUT2D eigenvalue weighted by molar-refractivity contribution is -0.145. The first-order chi connectivity index (χ1) is 15.0. The van der Waals surface area contributed by atoms with Crippen molar-refractivity contribution in [3.05, 3.63) is 0 Å².